The molecular weight excluding hydrogens is 292 g/mol. The number of amides is 2. The Morgan fingerprint density at radius 1 is 1.33 bits per heavy atom. The lowest BCUT2D eigenvalue weighted by atomic mass is 10.3. The first-order valence-electron chi connectivity index (χ1n) is 6.98. The van der Waals surface area contributed by atoms with Crippen LogP contribution >= 0.6 is 11.3 Å². The molecule has 0 fully saturated rings. The summed E-state index contributed by atoms with van der Waals surface area (Å²) in [7, 11) is 0. The molecule has 1 rings (SSSR count). The highest BCUT2D eigenvalue weighted by Crippen LogP contribution is 2.09. The summed E-state index contributed by atoms with van der Waals surface area (Å²) in [6.45, 7) is 8.06. The minimum atomic E-state index is -1.06. The van der Waals surface area contributed by atoms with E-state index in [9.17, 15) is 9.59 Å². The lowest BCUT2D eigenvalue weighted by Gasteiger charge is -2.17. The van der Waals surface area contributed by atoms with E-state index in [1.165, 1.54) is 16.7 Å². The predicted molar refractivity (Wildman–Crippen MR) is 81.7 cm³/mol. The summed E-state index contributed by atoms with van der Waals surface area (Å²) in [4.78, 5) is 28.4. The van der Waals surface area contributed by atoms with Crippen molar-refractivity contribution < 1.29 is 14.7 Å². The first kappa shape index (κ1) is 17.4. The van der Waals surface area contributed by atoms with E-state index in [0.29, 0.717) is 11.6 Å². The zero-order valence-corrected chi connectivity index (χ0v) is 13.2. The summed E-state index contributed by atoms with van der Waals surface area (Å²) < 4.78 is 0. The standard InChI is InChI=1S/C13H22N4O3S/c1-3-17(4-2)7-5-6-14-13(20)15-8-11-16-10(9-21-11)12(18)19/h9H,3-8H2,1-2H3,(H,18,19)(H2,14,15,20). The number of aromatic nitrogens is 1. The third-order valence-electron chi connectivity index (χ3n) is 3.00. The van der Waals surface area contributed by atoms with Crippen LogP contribution in [0.5, 0.6) is 0 Å². The van der Waals surface area contributed by atoms with Crippen molar-refractivity contribution in [3.8, 4) is 0 Å². The fourth-order valence-corrected chi connectivity index (χ4v) is 2.46. The molecule has 1 aromatic heterocycles. The second-order valence-corrected chi connectivity index (χ2v) is 5.36. The van der Waals surface area contributed by atoms with E-state index in [0.717, 1.165) is 26.1 Å². The summed E-state index contributed by atoms with van der Waals surface area (Å²) >= 11 is 1.22. The number of nitrogens with one attached hydrogen (secondary N) is 2. The molecule has 21 heavy (non-hydrogen) atoms. The molecule has 1 aromatic rings. The zero-order valence-electron chi connectivity index (χ0n) is 12.4. The maximum atomic E-state index is 11.6. The van der Waals surface area contributed by atoms with Crippen molar-refractivity contribution in [2.24, 2.45) is 0 Å². The van der Waals surface area contributed by atoms with Crippen molar-refractivity contribution in [1.82, 2.24) is 20.5 Å². The van der Waals surface area contributed by atoms with Crippen molar-refractivity contribution in [1.29, 1.82) is 0 Å². The predicted octanol–water partition coefficient (Wildman–Crippen LogP) is 1.37. The molecule has 118 valence electrons. The maximum Gasteiger partial charge on any atom is 0.355 e. The molecule has 0 unspecified atom stereocenters. The number of carboxylic acid groups (broad SMARTS) is 1. The number of aromatic carboxylic acids is 1. The molecule has 1 heterocycles. The summed E-state index contributed by atoms with van der Waals surface area (Å²) in [6.07, 6.45) is 0.898. The number of rotatable bonds is 9. The number of nitrogens with zero attached hydrogens (tertiary/aromatic N) is 2. The summed E-state index contributed by atoms with van der Waals surface area (Å²) in [5.41, 5.74) is 0.0106. The Hall–Kier alpha value is -1.67. The van der Waals surface area contributed by atoms with Gasteiger partial charge in [0.1, 0.15) is 5.01 Å². The molecule has 0 aliphatic heterocycles. The van der Waals surface area contributed by atoms with Crippen LogP contribution in [0.1, 0.15) is 35.8 Å². The molecule has 0 bridgehead atoms. The van der Waals surface area contributed by atoms with Crippen molar-refractivity contribution in [2.45, 2.75) is 26.8 Å². The van der Waals surface area contributed by atoms with Gasteiger partial charge in [0, 0.05) is 11.9 Å². The second kappa shape index (κ2) is 9.30. The van der Waals surface area contributed by atoms with Crippen LogP contribution in [0, 0.1) is 0 Å². The SMILES string of the molecule is CCN(CC)CCCNC(=O)NCc1nc(C(=O)O)cs1. The number of hydrogen-bond donors (Lipinski definition) is 3. The fraction of sp³-hybridized carbons (Fsp3) is 0.615. The third-order valence-corrected chi connectivity index (χ3v) is 3.85. The van der Waals surface area contributed by atoms with E-state index in [4.69, 9.17) is 5.11 Å². The molecule has 2 amide bonds. The number of thiazole rings is 1. The van der Waals surface area contributed by atoms with E-state index in [1.54, 1.807) is 0 Å². The third kappa shape index (κ3) is 6.54. The molecule has 0 aliphatic carbocycles. The molecule has 3 N–H and O–H groups in total. The fourth-order valence-electron chi connectivity index (χ4n) is 1.75. The highest BCUT2D eigenvalue weighted by Gasteiger charge is 2.09. The summed E-state index contributed by atoms with van der Waals surface area (Å²) in [5.74, 6) is -1.06. The number of hydrogen-bond acceptors (Lipinski definition) is 5. The van der Waals surface area contributed by atoms with Gasteiger partial charge in [-0.3, -0.25) is 0 Å². The Labute approximate surface area is 128 Å². The zero-order chi connectivity index (χ0) is 15.7. The molecule has 8 heteroatoms. The van der Waals surface area contributed by atoms with Crippen LogP contribution in [0.2, 0.25) is 0 Å². The van der Waals surface area contributed by atoms with E-state index < -0.39 is 5.97 Å². The summed E-state index contributed by atoms with van der Waals surface area (Å²) in [6, 6.07) is -0.262. The topological polar surface area (TPSA) is 94.6 Å². The van der Waals surface area contributed by atoms with Gasteiger partial charge in [0.05, 0.1) is 6.54 Å². The summed E-state index contributed by atoms with van der Waals surface area (Å²) in [5, 5.41) is 16.2. The monoisotopic (exact) mass is 314 g/mol. The Kier molecular flexibility index (Phi) is 7.70. The molecule has 0 aliphatic rings. The molecular formula is C13H22N4O3S. The van der Waals surface area contributed by atoms with Crippen LogP contribution < -0.4 is 10.6 Å². The largest absolute Gasteiger partial charge is 0.476 e. The molecule has 0 atom stereocenters. The number of carbonyl (C=O) groups excluding carboxylic acids is 1. The van der Waals surface area contributed by atoms with Crippen molar-refractivity contribution in [3.63, 3.8) is 0 Å². The van der Waals surface area contributed by atoms with Crippen LogP contribution in [0.15, 0.2) is 5.38 Å². The minimum Gasteiger partial charge on any atom is -0.476 e. The molecule has 0 spiro atoms. The van der Waals surface area contributed by atoms with Crippen LogP contribution in [-0.2, 0) is 6.54 Å². The Morgan fingerprint density at radius 3 is 2.62 bits per heavy atom. The molecule has 0 aromatic carbocycles. The van der Waals surface area contributed by atoms with Gasteiger partial charge in [0.25, 0.3) is 0 Å². The smallest absolute Gasteiger partial charge is 0.355 e. The minimum absolute atomic E-state index is 0.0106. The normalized spacial score (nSPS) is 10.6. The van der Waals surface area contributed by atoms with E-state index in [2.05, 4.69) is 34.4 Å². The molecule has 0 saturated heterocycles. The number of carbonyl (C=O) groups is 2. The Morgan fingerprint density at radius 2 is 2.05 bits per heavy atom. The molecule has 0 radical (unpaired) electrons. The van der Waals surface area contributed by atoms with Gasteiger partial charge in [0.15, 0.2) is 5.69 Å². The average molecular weight is 314 g/mol. The van der Waals surface area contributed by atoms with Crippen molar-refractivity contribution in [3.05, 3.63) is 16.1 Å². The van der Waals surface area contributed by atoms with E-state index in [1.807, 2.05) is 0 Å². The van der Waals surface area contributed by atoms with E-state index >= 15 is 0 Å². The van der Waals surface area contributed by atoms with Crippen LogP contribution in [0.3, 0.4) is 0 Å². The quantitative estimate of drug-likeness (QED) is 0.599. The number of urea groups is 1. The highest BCUT2D eigenvalue weighted by atomic mass is 32.1. The van der Waals surface area contributed by atoms with Gasteiger partial charge in [0.2, 0.25) is 0 Å². The first-order chi connectivity index (χ1) is 10.1. The maximum absolute atomic E-state index is 11.6. The Bertz CT molecular complexity index is 460. The second-order valence-electron chi connectivity index (χ2n) is 4.42. The van der Waals surface area contributed by atoms with Crippen LogP contribution in [0.4, 0.5) is 4.79 Å². The Balaban J connectivity index is 2.17. The molecule has 0 saturated carbocycles. The van der Waals surface area contributed by atoms with E-state index in [-0.39, 0.29) is 18.3 Å². The lowest BCUT2D eigenvalue weighted by Crippen LogP contribution is -2.36. The van der Waals surface area contributed by atoms with Crippen LogP contribution in [0.25, 0.3) is 0 Å². The molecule has 7 nitrogen and oxygen atoms in total. The number of carboxylic acids is 1. The van der Waals surface area contributed by atoms with Crippen molar-refractivity contribution >= 4 is 23.3 Å². The van der Waals surface area contributed by atoms with Gasteiger partial charge in [-0.2, -0.15) is 0 Å². The van der Waals surface area contributed by atoms with Gasteiger partial charge >= 0.3 is 12.0 Å². The van der Waals surface area contributed by atoms with Gasteiger partial charge in [-0.05, 0) is 26.1 Å². The van der Waals surface area contributed by atoms with Crippen LogP contribution in [-0.4, -0.2) is 53.2 Å². The first-order valence-corrected chi connectivity index (χ1v) is 7.86. The van der Waals surface area contributed by atoms with Crippen molar-refractivity contribution in [2.75, 3.05) is 26.2 Å². The van der Waals surface area contributed by atoms with Gasteiger partial charge in [-0.25, -0.2) is 14.6 Å². The van der Waals surface area contributed by atoms with Gasteiger partial charge < -0.3 is 20.6 Å². The average Bonchev–Trinajstić information content (AvgIpc) is 2.94. The van der Waals surface area contributed by atoms with Gasteiger partial charge in [-0.1, -0.05) is 13.8 Å². The van der Waals surface area contributed by atoms with Gasteiger partial charge in [-0.15, -0.1) is 11.3 Å². The lowest BCUT2D eigenvalue weighted by molar-refractivity contribution is 0.0691. The highest BCUT2D eigenvalue weighted by molar-refractivity contribution is 7.09.